The lowest BCUT2D eigenvalue weighted by atomic mass is 10.1. The second-order valence-corrected chi connectivity index (χ2v) is 5.19. The van der Waals surface area contributed by atoms with Crippen molar-refractivity contribution in [2.45, 2.75) is 26.4 Å². The van der Waals surface area contributed by atoms with Crippen LogP contribution in [0.5, 0.6) is 0 Å². The molecular formula is C16H22N4. The van der Waals surface area contributed by atoms with Crippen LogP contribution in [0.4, 0.5) is 5.69 Å². The number of anilines is 1. The quantitative estimate of drug-likeness (QED) is 0.907. The summed E-state index contributed by atoms with van der Waals surface area (Å²) in [7, 11) is 4.10. The van der Waals surface area contributed by atoms with Crippen molar-refractivity contribution in [2.75, 3.05) is 19.0 Å². The summed E-state index contributed by atoms with van der Waals surface area (Å²) in [5, 5.41) is 3.49. The van der Waals surface area contributed by atoms with E-state index in [-0.39, 0.29) is 6.04 Å². The molecule has 1 aromatic heterocycles. The van der Waals surface area contributed by atoms with E-state index in [1.54, 1.807) is 12.4 Å². The van der Waals surface area contributed by atoms with E-state index in [4.69, 9.17) is 0 Å². The number of aryl methyl sites for hydroxylation is 1. The predicted octanol–water partition coefficient (Wildman–Crippen LogP) is 2.70. The average Bonchev–Trinajstić information content (AvgIpc) is 2.45. The molecule has 4 heteroatoms. The van der Waals surface area contributed by atoms with Crippen LogP contribution in [-0.2, 0) is 6.54 Å². The van der Waals surface area contributed by atoms with E-state index in [9.17, 15) is 0 Å². The molecule has 0 saturated carbocycles. The van der Waals surface area contributed by atoms with Gasteiger partial charge in [-0.25, -0.2) is 0 Å². The molecule has 1 unspecified atom stereocenters. The van der Waals surface area contributed by atoms with E-state index >= 15 is 0 Å². The SMILES string of the molecule is Cc1nccnc1C(C)NCc1ccc(N(C)C)cc1. The van der Waals surface area contributed by atoms with E-state index in [0.717, 1.165) is 17.9 Å². The van der Waals surface area contributed by atoms with Crippen molar-refractivity contribution in [1.29, 1.82) is 0 Å². The van der Waals surface area contributed by atoms with Crippen LogP contribution >= 0.6 is 0 Å². The zero-order valence-electron chi connectivity index (χ0n) is 12.6. The fourth-order valence-electron chi connectivity index (χ4n) is 2.12. The first-order valence-corrected chi connectivity index (χ1v) is 6.85. The van der Waals surface area contributed by atoms with Crippen LogP contribution < -0.4 is 10.2 Å². The van der Waals surface area contributed by atoms with Gasteiger partial charge >= 0.3 is 0 Å². The average molecular weight is 270 g/mol. The molecule has 1 atom stereocenters. The van der Waals surface area contributed by atoms with Gasteiger partial charge < -0.3 is 10.2 Å². The Balaban J connectivity index is 1.96. The Morgan fingerprint density at radius 1 is 1.10 bits per heavy atom. The van der Waals surface area contributed by atoms with Crippen molar-refractivity contribution in [3.63, 3.8) is 0 Å². The lowest BCUT2D eigenvalue weighted by molar-refractivity contribution is 0.555. The normalized spacial score (nSPS) is 12.2. The van der Waals surface area contributed by atoms with Crippen LogP contribution in [0.1, 0.15) is 29.9 Å². The molecule has 106 valence electrons. The summed E-state index contributed by atoms with van der Waals surface area (Å²) in [5.74, 6) is 0. The van der Waals surface area contributed by atoms with Crippen LogP contribution in [-0.4, -0.2) is 24.1 Å². The van der Waals surface area contributed by atoms with Gasteiger partial charge in [0.25, 0.3) is 0 Å². The summed E-state index contributed by atoms with van der Waals surface area (Å²) >= 11 is 0. The maximum absolute atomic E-state index is 4.40. The van der Waals surface area contributed by atoms with Gasteiger partial charge in [-0.1, -0.05) is 12.1 Å². The minimum atomic E-state index is 0.192. The molecule has 2 rings (SSSR count). The van der Waals surface area contributed by atoms with Crippen molar-refractivity contribution in [1.82, 2.24) is 15.3 Å². The highest BCUT2D eigenvalue weighted by Crippen LogP contribution is 2.15. The van der Waals surface area contributed by atoms with Crippen molar-refractivity contribution in [3.8, 4) is 0 Å². The summed E-state index contributed by atoms with van der Waals surface area (Å²) in [6, 6.07) is 8.76. The second kappa shape index (κ2) is 6.48. The summed E-state index contributed by atoms with van der Waals surface area (Å²) in [5.41, 5.74) is 4.48. The Morgan fingerprint density at radius 3 is 2.35 bits per heavy atom. The molecule has 0 spiro atoms. The summed E-state index contributed by atoms with van der Waals surface area (Å²) < 4.78 is 0. The minimum Gasteiger partial charge on any atom is -0.378 e. The fraction of sp³-hybridized carbons (Fsp3) is 0.375. The first-order chi connectivity index (χ1) is 9.58. The molecule has 0 saturated heterocycles. The third-order valence-electron chi connectivity index (χ3n) is 3.39. The molecule has 0 aliphatic carbocycles. The first-order valence-electron chi connectivity index (χ1n) is 6.85. The van der Waals surface area contributed by atoms with Gasteiger partial charge in [0.2, 0.25) is 0 Å². The van der Waals surface area contributed by atoms with Crippen molar-refractivity contribution in [2.24, 2.45) is 0 Å². The topological polar surface area (TPSA) is 41.1 Å². The van der Waals surface area contributed by atoms with Crippen molar-refractivity contribution < 1.29 is 0 Å². The molecule has 0 radical (unpaired) electrons. The van der Waals surface area contributed by atoms with Crippen LogP contribution in [0.15, 0.2) is 36.7 Å². The van der Waals surface area contributed by atoms with Gasteiger partial charge in [-0.2, -0.15) is 0 Å². The molecule has 1 heterocycles. The number of hydrogen-bond acceptors (Lipinski definition) is 4. The van der Waals surface area contributed by atoms with Crippen molar-refractivity contribution in [3.05, 3.63) is 53.6 Å². The number of benzene rings is 1. The van der Waals surface area contributed by atoms with E-state index < -0.39 is 0 Å². The maximum Gasteiger partial charge on any atom is 0.0782 e. The number of rotatable bonds is 5. The third-order valence-corrected chi connectivity index (χ3v) is 3.39. The van der Waals surface area contributed by atoms with Gasteiger partial charge in [0.15, 0.2) is 0 Å². The third kappa shape index (κ3) is 3.54. The lowest BCUT2D eigenvalue weighted by Crippen LogP contribution is -2.20. The largest absolute Gasteiger partial charge is 0.378 e. The van der Waals surface area contributed by atoms with E-state index in [1.165, 1.54) is 11.3 Å². The fourth-order valence-corrected chi connectivity index (χ4v) is 2.12. The molecular weight excluding hydrogens is 248 g/mol. The molecule has 0 aliphatic rings. The maximum atomic E-state index is 4.40. The van der Waals surface area contributed by atoms with Crippen LogP contribution in [0.3, 0.4) is 0 Å². The molecule has 0 bridgehead atoms. The van der Waals surface area contributed by atoms with Gasteiger partial charge in [0.1, 0.15) is 0 Å². The molecule has 4 nitrogen and oxygen atoms in total. The zero-order valence-corrected chi connectivity index (χ0v) is 12.6. The lowest BCUT2D eigenvalue weighted by Gasteiger charge is -2.16. The number of hydrogen-bond donors (Lipinski definition) is 1. The van der Waals surface area contributed by atoms with E-state index in [1.807, 2.05) is 21.0 Å². The van der Waals surface area contributed by atoms with Crippen LogP contribution in [0.25, 0.3) is 0 Å². The number of nitrogens with zero attached hydrogens (tertiary/aromatic N) is 3. The van der Waals surface area contributed by atoms with Gasteiger partial charge in [0, 0.05) is 44.8 Å². The minimum absolute atomic E-state index is 0.192. The highest BCUT2D eigenvalue weighted by molar-refractivity contribution is 5.45. The van der Waals surface area contributed by atoms with Gasteiger partial charge in [-0.05, 0) is 31.5 Å². The van der Waals surface area contributed by atoms with E-state index in [2.05, 4.69) is 51.4 Å². The molecule has 20 heavy (non-hydrogen) atoms. The van der Waals surface area contributed by atoms with E-state index in [0.29, 0.717) is 0 Å². The Labute approximate surface area is 120 Å². The number of aromatic nitrogens is 2. The molecule has 1 N–H and O–H groups in total. The highest BCUT2D eigenvalue weighted by atomic mass is 15.1. The first kappa shape index (κ1) is 14.5. The predicted molar refractivity (Wildman–Crippen MR) is 82.8 cm³/mol. The summed E-state index contributed by atoms with van der Waals surface area (Å²) in [4.78, 5) is 10.8. The molecule has 2 aromatic rings. The molecule has 0 amide bonds. The summed E-state index contributed by atoms with van der Waals surface area (Å²) in [6.45, 7) is 4.93. The number of nitrogens with one attached hydrogen (secondary N) is 1. The molecule has 0 fully saturated rings. The Bertz CT molecular complexity index is 549. The van der Waals surface area contributed by atoms with Gasteiger partial charge in [-0.3, -0.25) is 9.97 Å². The van der Waals surface area contributed by atoms with Crippen molar-refractivity contribution >= 4 is 5.69 Å². The molecule has 0 aliphatic heterocycles. The molecule has 1 aromatic carbocycles. The van der Waals surface area contributed by atoms with Crippen LogP contribution in [0.2, 0.25) is 0 Å². The van der Waals surface area contributed by atoms with Gasteiger partial charge in [0.05, 0.1) is 11.4 Å². The Kier molecular flexibility index (Phi) is 4.69. The highest BCUT2D eigenvalue weighted by Gasteiger charge is 2.09. The van der Waals surface area contributed by atoms with Gasteiger partial charge in [-0.15, -0.1) is 0 Å². The Morgan fingerprint density at radius 2 is 1.75 bits per heavy atom. The monoisotopic (exact) mass is 270 g/mol. The zero-order chi connectivity index (χ0) is 14.5. The smallest absolute Gasteiger partial charge is 0.0782 e. The second-order valence-electron chi connectivity index (χ2n) is 5.19. The van der Waals surface area contributed by atoms with Crippen LogP contribution in [0, 0.1) is 6.92 Å². The standard InChI is InChI=1S/C16H22N4/c1-12-16(18-10-9-17-12)13(2)19-11-14-5-7-15(8-6-14)20(3)4/h5-10,13,19H,11H2,1-4H3. The Hall–Kier alpha value is -1.94. The summed E-state index contributed by atoms with van der Waals surface area (Å²) in [6.07, 6.45) is 3.47.